The van der Waals surface area contributed by atoms with E-state index in [2.05, 4.69) is 16.7 Å². The topological polar surface area (TPSA) is 68.5 Å². The van der Waals surface area contributed by atoms with E-state index in [9.17, 15) is 4.79 Å². The number of nitrogens with zero attached hydrogens (tertiary/aromatic N) is 3. The minimum Gasteiger partial charge on any atom is -0.488 e. The molecule has 1 aromatic heterocycles. The van der Waals surface area contributed by atoms with Crippen molar-refractivity contribution in [3.05, 3.63) is 53.7 Å². The van der Waals surface area contributed by atoms with Crippen LogP contribution in [0.25, 0.3) is 0 Å². The second-order valence-corrected chi connectivity index (χ2v) is 6.42. The Labute approximate surface area is 148 Å². The third-order valence-corrected chi connectivity index (χ3v) is 3.59. The molecule has 1 amide bonds. The Bertz CT molecular complexity index is 737. The zero-order valence-electron chi connectivity index (χ0n) is 15.3. The normalized spacial score (nSPS) is 10.8. The molecule has 0 atom stereocenters. The Kier molecular flexibility index (Phi) is 6.33. The van der Waals surface area contributed by atoms with Crippen LogP contribution in [0.15, 0.2) is 40.9 Å². The summed E-state index contributed by atoms with van der Waals surface area (Å²) in [7, 11) is 1.75. The average molecular weight is 343 g/mol. The molecule has 1 heterocycles. The number of para-hydroxylation sites is 1. The molecule has 6 nitrogen and oxygen atoms in total. The summed E-state index contributed by atoms with van der Waals surface area (Å²) in [4.78, 5) is 18.7. The van der Waals surface area contributed by atoms with Gasteiger partial charge in [-0.3, -0.25) is 4.79 Å². The standard InChI is InChI=1S/C19H25N3O3/c1-13(2)12-24-16-9-7-6-8-15(16)19(23)22(5)11-10-17-20-18(14(3)4)25-21-17/h6-9,14H,1,10-12H2,2-5H3. The lowest BCUT2D eigenvalue weighted by Crippen LogP contribution is -2.29. The second kappa shape index (κ2) is 8.46. The number of ether oxygens (including phenoxy) is 1. The Hall–Kier alpha value is -2.63. The minimum atomic E-state index is -0.107. The van der Waals surface area contributed by atoms with Crippen molar-refractivity contribution >= 4 is 5.91 Å². The fraction of sp³-hybridized carbons (Fsp3) is 0.421. The van der Waals surface area contributed by atoms with E-state index in [0.717, 1.165) is 5.57 Å². The highest BCUT2D eigenvalue weighted by atomic mass is 16.5. The zero-order valence-corrected chi connectivity index (χ0v) is 15.3. The third kappa shape index (κ3) is 5.17. The van der Waals surface area contributed by atoms with Gasteiger partial charge in [-0.05, 0) is 24.6 Å². The first-order valence-corrected chi connectivity index (χ1v) is 8.32. The number of amides is 1. The summed E-state index contributed by atoms with van der Waals surface area (Å²) >= 11 is 0. The van der Waals surface area contributed by atoms with Crippen molar-refractivity contribution in [2.45, 2.75) is 33.1 Å². The van der Waals surface area contributed by atoms with Gasteiger partial charge in [0.1, 0.15) is 12.4 Å². The molecule has 1 aromatic carbocycles. The molecule has 6 heteroatoms. The van der Waals surface area contributed by atoms with Crippen LogP contribution in [0.4, 0.5) is 0 Å². The van der Waals surface area contributed by atoms with E-state index in [1.807, 2.05) is 32.9 Å². The molecule has 0 spiro atoms. The molecule has 25 heavy (non-hydrogen) atoms. The van der Waals surface area contributed by atoms with E-state index < -0.39 is 0 Å². The molecule has 2 rings (SSSR count). The average Bonchev–Trinajstić information content (AvgIpc) is 3.06. The van der Waals surface area contributed by atoms with Crippen molar-refractivity contribution in [2.24, 2.45) is 0 Å². The maximum Gasteiger partial charge on any atom is 0.257 e. The molecule has 0 aliphatic heterocycles. The quantitative estimate of drug-likeness (QED) is 0.687. The summed E-state index contributed by atoms with van der Waals surface area (Å²) in [5.74, 6) is 1.87. The Balaban J connectivity index is 2.00. The van der Waals surface area contributed by atoms with Crippen molar-refractivity contribution in [2.75, 3.05) is 20.2 Å². The van der Waals surface area contributed by atoms with Crippen molar-refractivity contribution < 1.29 is 14.1 Å². The summed E-state index contributed by atoms with van der Waals surface area (Å²) < 4.78 is 10.9. The van der Waals surface area contributed by atoms with Gasteiger partial charge in [-0.25, -0.2) is 0 Å². The van der Waals surface area contributed by atoms with E-state index in [0.29, 0.717) is 42.6 Å². The number of carbonyl (C=O) groups excluding carboxylic acids is 1. The third-order valence-electron chi connectivity index (χ3n) is 3.59. The zero-order chi connectivity index (χ0) is 18.4. The molecule has 0 unspecified atom stereocenters. The lowest BCUT2D eigenvalue weighted by atomic mass is 10.1. The molecule has 2 aromatic rings. The largest absolute Gasteiger partial charge is 0.488 e. The summed E-state index contributed by atoms with van der Waals surface area (Å²) in [5, 5.41) is 3.95. The van der Waals surface area contributed by atoms with Crippen LogP contribution in [0.3, 0.4) is 0 Å². The van der Waals surface area contributed by atoms with E-state index in [4.69, 9.17) is 9.26 Å². The smallest absolute Gasteiger partial charge is 0.257 e. The highest BCUT2D eigenvalue weighted by Crippen LogP contribution is 2.20. The molecular formula is C19H25N3O3. The van der Waals surface area contributed by atoms with Gasteiger partial charge in [0.2, 0.25) is 5.89 Å². The summed E-state index contributed by atoms with van der Waals surface area (Å²) in [6.45, 7) is 10.6. The van der Waals surface area contributed by atoms with E-state index in [1.165, 1.54) is 0 Å². The van der Waals surface area contributed by atoms with Crippen molar-refractivity contribution in [3.8, 4) is 5.75 Å². The van der Waals surface area contributed by atoms with E-state index in [-0.39, 0.29) is 11.8 Å². The Morgan fingerprint density at radius 1 is 1.36 bits per heavy atom. The van der Waals surface area contributed by atoms with Crippen LogP contribution in [0, 0.1) is 0 Å². The predicted octanol–water partition coefficient (Wildman–Crippen LogP) is 3.46. The molecule has 0 saturated heterocycles. The lowest BCUT2D eigenvalue weighted by molar-refractivity contribution is 0.0791. The van der Waals surface area contributed by atoms with Crippen molar-refractivity contribution in [1.29, 1.82) is 0 Å². The Morgan fingerprint density at radius 2 is 2.08 bits per heavy atom. The molecule has 0 radical (unpaired) electrons. The van der Waals surface area contributed by atoms with Gasteiger partial charge in [0, 0.05) is 25.9 Å². The predicted molar refractivity (Wildman–Crippen MR) is 95.8 cm³/mol. The van der Waals surface area contributed by atoms with Gasteiger partial charge in [0.25, 0.3) is 5.91 Å². The fourth-order valence-electron chi connectivity index (χ4n) is 2.15. The van der Waals surface area contributed by atoms with Gasteiger partial charge in [0.05, 0.1) is 5.56 Å². The van der Waals surface area contributed by atoms with Crippen LogP contribution in [0.5, 0.6) is 5.75 Å². The minimum absolute atomic E-state index is 0.107. The first kappa shape index (κ1) is 18.7. The van der Waals surface area contributed by atoms with Gasteiger partial charge in [-0.15, -0.1) is 0 Å². The highest BCUT2D eigenvalue weighted by Gasteiger charge is 2.18. The first-order chi connectivity index (χ1) is 11.9. The number of hydrogen-bond donors (Lipinski definition) is 0. The molecule has 0 bridgehead atoms. The van der Waals surface area contributed by atoms with Crippen LogP contribution in [-0.2, 0) is 6.42 Å². The number of rotatable bonds is 8. The lowest BCUT2D eigenvalue weighted by Gasteiger charge is -2.18. The number of hydrogen-bond acceptors (Lipinski definition) is 5. The maximum atomic E-state index is 12.7. The maximum absolute atomic E-state index is 12.7. The number of carbonyl (C=O) groups is 1. The van der Waals surface area contributed by atoms with Crippen molar-refractivity contribution in [1.82, 2.24) is 15.0 Å². The molecule has 0 N–H and O–H groups in total. The van der Waals surface area contributed by atoms with Crippen LogP contribution >= 0.6 is 0 Å². The van der Waals surface area contributed by atoms with Gasteiger partial charge in [0.15, 0.2) is 5.82 Å². The summed E-state index contributed by atoms with van der Waals surface area (Å²) in [6.07, 6.45) is 0.535. The number of likely N-dealkylation sites (N-methyl/N-ethyl adjacent to an activating group) is 1. The first-order valence-electron chi connectivity index (χ1n) is 8.32. The molecule has 134 valence electrons. The number of aromatic nitrogens is 2. The monoisotopic (exact) mass is 343 g/mol. The van der Waals surface area contributed by atoms with Gasteiger partial charge in [-0.1, -0.05) is 37.7 Å². The van der Waals surface area contributed by atoms with Gasteiger partial charge in [-0.2, -0.15) is 4.98 Å². The molecule has 0 aliphatic rings. The summed E-state index contributed by atoms with van der Waals surface area (Å²) in [6, 6.07) is 7.22. The SMILES string of the molecule is C=C(C)COc1ccccc1C(=O)N(C)CCc1noc(C(C)C)n1. The fourth-order valence-corrected chi connectivity index (χ4v) is 2.15. The van der Waals surface area contributed by atoms with Gasteiger partial charge < -0.3 is 14.2 Å². The van der Waals surface area contributed by atoms with E-state index >= 15 is 0 Å². The molecule has 0 saturated carbocycles. The summed E-state index contributed by atoms with van der Waals surface area (Å²) in [5.41, 5.74) is 1.43. The second-order valence-electron chi connectivity index (χ2n) is 6.42. The highest BCUT2D eigenvalue weighted by molar-refractivity contribution is 5.96. The van der Waals surface area contributed by atoms with Crippen molar-refractivity contribution in [3.63, 3.8) is 0 Å². The van der Waals surface area contributed by atoms with Crippen LogP contribution < -0.4 is 4.74 Å². The number of benzene rings is 1. The molecular weight excluding hydrogens is 318 g/mol. The van der Waals surface area contributed by atoms with Crippen LogP contribution in [0.2, 0.25) is 0 Å². The van der Waals surface area contributed by atoms with Crippen LogP contribution in [0.1, 0.15) is 48.8 Å². The molecule has 0 fully saturated rings. The molecule has 0 aliphatic carbocycles. The van der Waals surface area contributed by atoms with Gasteiger partial charge >= 0.3 is 0 Å². The Morgan fingerprint density at radius 3 is 2.72 bits per heavy atom. The van der Waals surface area contributed by atoms with Crippen LogP contribution in [-0.4, -0.2) is 41.1 Å². The van der Waals surface area contributed by atoms with E-state index in [1.54, 1.807) is 24.1 Å².